The van der Waals surface area contributed by atoms with Crippen LogP contribution in [-0.4, -0.2) is 18.0 Å². The average molecular weight is 304 g/mol. The number of benzene rings is 1. The number of carbonyl (C=O) groups is 1. The first-order chi connectivity index (χ1) is 10.1. The lowest BCUT2D eigenvalue weighted by Gasteiger charge is -2.22. The Morgan fingerprint density at radius 3 is 1.95 bits per heavy atom. The van der Waals surface area contributed by atoms with Crippen LogP contribution in [0.25, 0.3) is 0 Å². The normalized spacial score (nSPS) is 11.9. The highest BCUT2D eigenvalue weighted by Crippen LogP contribution is 2.32. The van der Waals surface area contributed by atoms with E-state index in [0.717, 1.165) is 0 Å². The minimum atomic E-state index is -0.171. The van der Waals surface area contributed by atoms with Crippen molar-refractivity contribution in [2.75, 3.05) is 11.9 Å². The van der Waals surface area contributed by atoms with Crippen molar-refractivity contribution in [2.45, 2.75) is 72.3 Å². The predicted octanol–water partition coefficient (Wildman–Crippen LogP) is 4.65. The number of hydrogen-bond acceptors (Lipinski definition) is 2. The Kier molecular flexibility index (Phi) is 6.46. The van der Waals surface area contributed by atoms with Gasteiger partial charge in [-0.2, -0.15) is 0 Å². The Labute approximate surface area is 135 Å². The highest BCUT2D eigenvalue weighted by Gasteiger charge is 2.15. The highest BCUT2D eigenvalue weighted by atomic mass is 16.1. The summed E-state index contributed by atoms with van der Waals surface area (Å²) in [6.07, 6.45) is 0.487. The van der Waals surface area contributed by atoms with Gasteiger partial charge in [-0.15, -0.1) is 0 Å². The molecule has 1 aromatic rings. The number of amides is 1. The highest BCUT2D eigenvalue weighted by molar-refractivity contribution is 5.77. The zero-order chi connectivity index (χ0) is 16.9. The van der Waals surface area contributed by atoms with Crippen molar-refractivity contribution < 1.29 is 4.79 Å². The van der Waals surface area contributed by atoms with Crippen molar-refractivity contribution in [3.8, 4) is 0 Å². The molecular formula is C19H32N2O. The zero-order valence-corrected chi connectivity index (χ0v) is 15.2. The van der Waals surface area contributed by atoms with Gasteiger partial charge < -0.3 is 10.6 Å². The number of anilines is 1. The quantitative estimate of drug-likeness (QED) is 0.803. The fraction of sp³-hybridized carbons (Fsp3) is 0.632. The summed E-state index contributed by atoms with van der Waals surface area (Å²) in [4.78, 5) is 11.9. The third-order valence-electron chi connectivity index (χ3n) is 3.54. The van der Waals surface area contributed by atoms with Crippen LogP contribution < -0.4 is 10.6 Å². The molecule has 0 unspecified atom stereocenters. The molecule has 3 nitrogen and oxygen atoms in total. The predicted molar refractivity (Wildman–Crippen MR) is 95.6 cm³/mol. The van der Waals surface area contributed by atoms with Crippen LogP contribution in [0.1, 0.15) is 77.8 Å². The Balaban J connectivity index is 2.78. The second kappa shape index (κ2) is 7.66. The maximum absolute atomic E-state index is 11.9. The molecule has 3 heteroatoms. The second-order valence-corrected chi connectivity index (χ2v) is 7.60. The smallest absolute Gasteiger partial charge is 0.222 e. The third kappa shape index (κ3) is 5.70. The van der Waals surface area contributed by atoms with E-state index in [1.165, 1.54) is 16.8 Å². The minimum Gasteiger partial charge on any atom is -0.384 e. The van der Waals surface area contributed by atoms with Crippen LogP contribution in [-0.2, 0) is 4.79 Å². The van der Waals surface area contributed by atoms with Gasteiger partial charge in [0.15, 0.2) is 0 Å². The summed E-state index contributed by atoms with van der Waals surface area (Å²) in [6, 6.07) is 6.48. The maximum atomic E-state index is 11.9. The van der Waals surface area contributed by atoms with Gasteiger partial charge in [-0.1, -0.05) is 45.9 Å². The van der Waals surface area contributed by atoms with Crippen molar-refractivity contribution in [3.05, 3.63) is 29.3 Å². The Morgan fingerprint density at radius 2 is 1.55 bits per heavy atom. The molecule has 2 N–H and O–H groups in total. The topological polar surface area (TPSA) is 41.1 Å². The lowest BCUT2D eigenvalue weighted by atomic mass is 9.92. The van der Waals surface area contributed by atoms with E-state index in [1.54, 1.807) is 0 Å². The van der Waals surface area contributed by atoms with Gasteiger partial charge in [0.2, 0.25) is 5.91 Å². The van der Waals surface area contributed by atoms with Gasteiger partial charge in [0.25, 0.3) is 0 Å². The molecule has 124 valence electrons. The summed E-state index contributed by atoms with van der Waals surface area (Å²) in [5.74, 6) is 1.02. The zero-order valence-electron chi connectivity index (χ0n) is 15.2. The van der Waals surface area contributed by atoms with Crippen molar-refractivity contribution in [1.29, 1.82) is 0 Å². The van der Waals surface area contributed by atoms with Crippen LogP contribution in [0.4, 0.5) is 5.69 Å². The molecule has 0 saturated heterocycles. The molecule has 22 heavy (non-hydrogen) atoms. The van der Waals surface area contributed by atoms with Crippen LogP contribution >= 0.6 is 0 Å². The van der Waals surface area contributed by atoms with Gasteiger partial charge in [0.1, 0.15) is 0 Å². The average Bonchev–Trinajstić information content (AvgIpc) is 2.36. The first-order valence-corrected chi connectivity index (χ1v) is 8.29. The Hall–Kier alpha value is -1.51. The van der Waals surface area contributed by atoms with Crippen LogP contribution in [0.2, 0.25) is 0 Å². The van der Waals surface area contributed by atoms with Crippen molar-refractivity contribution in [2.24, 2.45) is 0 Å². The largest absolute Gasteiger partial charge is 0.384 e. The molecule has 0 bridgehead atoms. The molecule has 0 heterocycles. The van der Waals surface area contributed by atoms with Crippen LogP contribution in [0, 0.1) is 0 Å². The molecule has 0 aliphatic heterocycles. The maximum Gasteiger partial charge on any atom is 0.222 e. The first-order valence-electron chi connectivity index (χ1n) is 8.29. The minimum absolute atomic E-state index is 0.0909. The van der Waals surface area contributed by atoms with Crippen LogP contribution in [0.3, 0.4) is 0 Å². The molecule has 1 rings (SSSR count). The number of nitrogens with one attached hydrogen (secondary N) is 2. The summed E-state index contributed by atoms with van der Waals surface area (Å²) in [6.45, 7) is 15.5. The number of hydrogen-bond donors (Lipinski definition) is 2. The molecule has 0 aliphatic carbocycles. The monoisotopic (exact) mass is 304 g/mol. The van der Waals surface area contributed by atoms with E-state index in [0.29, 0.717) is 24.8 Å². The summed E-state index contributed by atoms with van der Waals surface area (Å²) in [5.41, 5.74) is 3.68. The Bertz CT molecular complexity index is 472. The van der Waals surface area contributed by atoms with Gasteiger partial charge in [0, 0.05) is 24.2 Å². The summed E-state index contributed by atoms with van der Waals surface area (Å²) >= 11 is 0. The van der Waals surface area contributed by atoms with E-state index >= 15 is 0 Å². The van der Waals surface area contributed by atoms with Gasteiger partial charge in [-0.05, 0) is 43.7 Å². The van der Waals surface area contributed by atoms with Crippen LogP contribution in [0.15, 0.2) is 18.2 Å². The summed E-state index contributed by atoms with van der Waals surface area (Å²) in [7, 11) is 0. The molecule has 0 atom stereocenters. The molecule has 0 aromatic heterocycles. The molecule has 0 radical (unpaired) electrons. The van der Waals surface area contributed by atoms with Crippen molar-refractivity contribution >= 4 is 11.6 Å². The van der Waals surface area contributed by atoms with E-state index < -0.39 is 0 Å². The third-order valence-corrected chi connectivity index (χ3v) is 3.54. The van der Waals surface area contributed by atoms with Crippen molar-refractivity contribution in [3.63, 3.8) is 0 Å². The second-order valence-electron chi connectivity index (χ2n) is 7.60. The molecular weight excluding hydrogens is 272 g/mol. The molecule has 1 aromatic carbocycles. The molecule has 0 fully saturated rings. The molecule has 0 spiro atoms. The Morgan fingerprint density at radius 1 is 1.05 bits per heavy atom. The van der Waals surface area contributed by atoms with E-state index in [4.69, 9.17) is 0 Å². The fourth-order valence-electron chi connectivity index (χ4n) is 2.54. The van der Waals surface area contributed by atoms with Crippen LogP contribution in [0.5, 0.6) is 0 Å². The van der Waals surface area contributed by atoms with E-state index in [2.05, 4.69) is 56.5 Å². The van der Waals surface area contributed by atoms with Gasteiger partial charge >= 0.3 is 0 Å². The summed E-state index contributed by atoms with van der Waals surface area (Å²) < 4.78 is 0. The van der Waals surface area contributed by atoms with E-state index in [-0.39, 0.29) is 11.4 Å². The number of rotatable bonds is 6. The molecule has 1 amide bonds. The first kappa shape index (κ1) is 18.5. The van der Waals surface area contributed by atoms with Gasteiger partial charge in [-0.25, -0.2) is 0 Å². The lowest BCUT2D eigenvalue weighted by molar-refractivity contribution is -0.122. The number of para-hydroxylation sites is 1. The molecule has 0 saturated carbocycles. The van der Waals surface area contributed by atoms with E-state index in [9.17, 15) is 4.79 Å². The summed E-state index contributed by atoms with van der Waals surface area (Å²) in [5, 5.41) is 6.50. The van der Waals surface area contributed by atoms with Gasteiger partial charge in [0.05, 0.1) is 0 Å². The van der Waals surface area contributed by atoms with Crippen molar-refractivity contribution in [1.82, 2.24) is 5.32 Å². The van der Waals surface area contributed by atoms with Gasteiger partial charge in [-0.3, -0.25) is 4.79 Å². The lowest BCUT2D eigenvalue weighted by Crippen LogP contribution is -2.41. The SMILES string of the molecule is CC(C)c1cccc(C(C)C)c1NCCC(=O)NC(C)(C)C. The standard InChI is InChI=1S/C19H32N2O/c1-13(2)15-9-8-10-16(14(3)4)18(15)20-12-11-17(22)21-19(5,6)7/h8-10,13-14,20H,11-12H2,1-7H3,(H,21,22). The number of carbonyl (C=O) groups excluding carboxylic acids is 1. The fourth-order valence-corrected chi connectivity index (χ4v) is 2.54. The molecule has 0 aliphatic rings. The van der Waals surface area contributed by atoms with E-state index in [1.807, 2.05) is 20.8 Å².